The first-order valence-corrected chi connectivity index (χ1v) is 8.28. The third-order valence-corrected chi connectivity index (χ3v) is 6.95. The summed E-state index contributed by atoms with van der Waals surface area (Å²) in [5, 5.41) is 0. The molecule has 82 valence electrons. The maximum atomic E-state index is 11.8. The number of hydrogen-bond acceptors (Lipinski definition) is 2. The van der Waals surface area contributed by atoms with E-state index < -0.39 is 10.8 Å². The Bertz CT molecular complexity index is 199. The monoisotopic (exact) mass is 232 g/mol. The van der Waals surface area contributed by atoms with Crippen LogP contribution in [0.25, 0.3) is 0 Å². The van der Waals surface area contributed by atoms with Crippen LogP contribution in [0, 0.1) is 5.92 Å². The molecule has 0 amide bonds. The first-order chi connectivity index (χ1) is 6.86. The van der Waals surface area contributed by atoms with Crippen molar-refractivity contribution >= 4 is 22.6 Å². The van der Waals surface area contributed by atoms with E-state index in [-0.39, 0.29) is 0 Å². The highest BCUT2D eigenvalue weighted by molar-refractivity contribution is 8.11. The van der Waals surface area contributed by atoms with Gasteiger partial charge in [-0.05, 0) is 24.5 Å². The van der Waals surface area contributed by atoms with Crippen molar-refractivity contribution in [1.29, 1.82) is 0 Å². The predicted molar refractivity (Wildman–Crippen MR) is 65.1 cm³/mol. The smallest absolute Gasteiger partial charge is 0.0804 e. The van der Waals surface area contributed by atoms with Gasteiger partial charge in [0, 0.05) is 16.6 Å². The molecule has 0 aromatic carbocycles. The van der Waals surface area contributed by atoms with Crippen molar-refractivity contribution in [2.45, 2.75) is 49.5 Å². The van der Waals surface area contributed by atoms with E-state index in [1.165, 1.54) is 50.7 Å². The molecule has 14 heavy (non-hydrogen) atoms. The van der Waals surface area contributed by atoms with Crippen molar-refractivity contribution in [3.8, 4) is 0 Å². The summed E-state index contributed by atoms with van der Waals surface area (Å²) in [6, 6.07) is 0. The fourth-order valence-corrected chi connectivity index (χ4v) is 6.02. The molecule has 0 aromatic heterocycles. The highest BCUT2D eigenvalue weighted by atomic mass is 32.2. The summed E-state index contributed by atoms with van der Waals surface area (Å²) in [4.78, 5) is 0. The molecule has 2 rings (SSSR count). The molecule has 1 aliphatic carbocycles. The summed E-state index contributed by atoms with van der Waals surface area (Å²) in [7, 11) is -0.517. The standard InChI is InChI=1S/C11H20OS2/c12-14-8-4-7-13-11(14)9-10-5-2-1-3-6-10/h10-11H,1-9H2/t11-,14?/m0/s1. The van der Waals surface area contributed by atoms with Crippen LogP contribution in [0.2, 0.25) is 0 Å². The largest absolute Gasteiger partial charge is 0.258 e. The van der Waals surface area contributed by atoms with Crippen LogP contribution in [0.3, 0.4) is 0 Å². The van der Waals surface area contributed by atoms with Crippen LogP contribution in [-0.2, 0) is 10.8 Å². The van der Waals surface area contributed by atoms with Gasteiger partial charge in [0.05, 0.1) is 4.58 Å². The molecule has 1 nitrogen and oxygen atoms in total. The number of hydrogen-bond donors (Lipinski definition) is 0. The van der Waals surface area contributed by atoms with Crippen LogP contribution in [-0.4, -0.2) is 20.3 Å². The summed E-state index contributed by atoms with van der Waals surface area (Å²) >= 11 is 1.96. The molecule has 1 aliphatic heterocycles. The fourth-order valence-electron chi connectivity index (χ4n) is 2.49. The van der Waals surface area contributed by atoms with E-state index in [9.17, 15) is 4.21 Å². The van der Waals surface area contributed by atoms with Crippen molar-refractivity contribution < 1.29 is 4.21 Å². The van der Waals surface area contributed by atoms with Crippen molar-refractivity contribution in [2.75, 3.05) is 11.5 Å². The summed E-state index contributed by atoms with van der Waals surface area (Å²) < 4.78 is 12.2. The maximum Gasteiger partial charge on any atom is 0.0804 e. The Kier molecular flexibility index (Phi) is 4.36. The second kappa shape index (κ2) is 5.55. The van der Waals surface area contributed by atoms with E-state index >= 15 is 0 Å². The van der Waals surface area contributed by atoms with Gasteiger partial charge in [0.25, 0.3) is 0 Å². The third kappa shape index (κ3) is 2.99. The molecule has 1 saturated carbocycles. The molecular weight excluding hydrogens is 212 g/mol. The summed E-state index contributed by atoms with van der Waals surface area (Å²) in [5.74, 6) is 3.09. The van der Waals surface area contributed by atoms with Crippen molar-refractivity contribution in [2.24, 2.45) is 5.92 Å². The number of thioether (sulfide) groups is 1. The van der Waals surface area contributed by atoms with E-state index in [0.29, 0.717) is 4.58 Å². The van der Waals surface area contributed by atoms with Crippen LogP contribution in [0.4, 0.5) is 0 Å². The molecule has 1 heterocycles. The minimum absolute atomic E-state index is 0.479. The van der Waals surface area contributed by atoms with Gasteiger partial charge in [0.2, 0.25) is 0 Å². The van der Waals surface area contributed by atoms with Crippen molar-refractivity contribution in [3.63, 3.8) is 0 Å². The third-order valence-electron chi connectivity index (χ3n) is 3.34. The second-order valence-corrected chi connectivity index (χ2v) is 7.83. The van der Waals surface area contributed by atoms with Crippen LogP contribution in [0.1, 0.15) is 44.9 Å². The van der Waals surface area contributed by atoms with Crippen LogP contribution < -0.4 is 0 Å². The lowest BCUT2D eigenvalue weighted by Gasteiger charge is -2.27. The topological polar surface area (TPSA) is 17.1 Å². The van der Waals surface area contributed by atoms with Gasteiger partial charge in [-0.2, -0.15) is 0 Å². The Morgan fingerprint density at radius 1 is 1.14 bits per heavy atom. The van der Waals surface area contributed by atoms with Crippen LogP contribution >= 0.6 is 11.8 Å². The zero-order chi connectivity index (χ0) is 9.80. The Morgan fingerprint density at radius 2 is 1.93 bits per heavy atom. The van der Waals surface area contributed by atoms with E-state index in [1.54, 1.807) is 0 Å². The zero-order valence-electron chi connectivity index (χ0n) is 8.74. The van der Waals surface area contributed by atoms with Crippen LogP contribution in [0.5, 0.6) is 0 Å². The van der Waals surface area contributed by atoms with E-state index in [0.717, 1.165) is 11.7 Å². The summed E-state index contributed by atoms with van der Waals surface area (Å²) in [6.07, 6.45) is 9.44. The quantitative estimate of drug-likeness (QED) is 0.727. The second-order valence-electron chi connectivity index (χ2n) is 4.48. The lowest BCUT2D eigenvalue weighted by atomic mass is 9.87. The predicted octanol–water partition coefficient (Wildman–Crippen LogP) is 3.17. The van der Waals surface area contributed by atoms with Gasteiger partial charge in [-0.1, -0.05) is 32.1 Å². The molecule has 0 spiro atoms. The van der Waals surface area contributed by atoms with Gasteiger partial charge < -0.3 is 0 Å². The average Bonchev–Trinajstić information content (AvgIpc) is 2.23. The first-order valence-electron chi connectivity index (χ1n) is 5.85. The molecule has 3 heteroatoms. The molecular formula is C11H20OS2. The fraction of sp³-hybridized carbons (Fsp3) is 1.00. The molecule has 2 atom stereocenters. The zero-order valence-corrected chi connectivity index (χ0v) is 10.4. The van der Waals surface area contributed by atoms with E-state index in [2.05, 4.69) is 0 Å². The van der Waals surface area contributed by atoms with Gasteiger partial charge in [-0.15, -0.1) is 11.8 Å². The molecule has 0 N–H and O–H groups in total. The molecule has 2 fully saturated rings. The number of rotatable bonds is 2. The van der Waals surface area contributed by atoms with E-state index in [1.807, 2.05) is 11.8 Å². The van der Waals surface area contributed by atoms with Crippen LogP contribution in [0.15, 0.2) is 0 Å². The minimum atomic E-state index is -0.517. The minimum Gasteiger partial charge on any atom is -0.258 e. The van der Waals surface area contributed by atoms with E-state index in [4.69, 9.17) is 0 Å². The normalized spacial score (nSPS) is 35.7. The molecule has 1 saturated heterocycles. The molecule has 0 bridgehead atoms. The molecule has 0 radical (unpaired) electrons. The highest BCUT2D eigenvalue weighted by Gasteiger charge is 2.25. The SMILES string of the molecule is O=S1CCCS[C@@H]1CC1CCCCC1. The summed E-state index contributed by atoms with van der Waals surface area (Å²) in [5.41, 5.74) is 0. The molecule has 1 unspecified atom stereocenters. The lowest BCUT2D eigenvalue weighted by molar-refractivity contribution is 0.347. The van der Waals surface area contributed by atoms with Gasteiger partial charge in [0.1, 0.15) is 0 Å². The Labute approximate surface area is 93.9 Å². The Hall–Kier alpha value is 0.500. The average molecular weight is 232 g/mol. The molecule has 0 aromatic rings. The molecule has 2 aliphatic rings. The Balaban J connectivity index is 1.79. The van der Waals surface area contributed by atoms with Gasteiger partial charge in [-0.3, -0.25) is 4.21 Å². The van der Waals surface area contributed by atoms with Crippen molar-refractivity contribution in [1.82, 2.24) is 0 Å². The van der Waals surface area contributed by atoms with Gasteiger partial charge in [-0.25, -0.2) is 0 Å². The van der Waals surface area contributed by atoms with Crippen molar-refractivity contribution in [3.05, 3.63) is 0 Å². The lowest BCUT2D eigenvalue weighted by Crippen LogP contribution is -2.24. The Morgan fingerprint density at radius 3 is 2.64 bits per heavy atom. The van der Waals surface area contributed by atoms with Gasteiger partial charge >= 0.3 is 0 Å². The van der Waals surface area contributed by atoms with Gasteiger partial charge in [0.15, 0.2) is 0 Å². The maximum absolute atomic E-state index is 11.8. The summed E-state index contributed by atoms with van der Waals surface area (Å²) in [6.45, 7) is 0. The first kappa shape index (κ1) is 11.0. The highest BCUT2D eigenvalue weighted by Crippen LogP contribution is 2.34.